The van der Waals surface area contributed by atoms with Gasteiger partial charge in [-0.05, 0) is 70.1 Å². The van der Waals surface area contributed by atoms with Crippen LogP contribution in [0.25, 0.3) is 127 Å². The summed E-state index contributed by atoms with van der Waals surface area (Å²) in [5.41, 5.74) is 8.81. The van der Waals surface area contributed by atoms with Gasteiger partial charge in [-0.2, -0.15) is 0 Å². The summed E-state index contributed by atoms with van der Waals surface area (Å²) in [7, 11) is 0. The normalized spacial score (nSPS) is 12.1. The van der Waals surface area contributed by atoms with Crippen molar-refractivity contribution in [3.05, 3.63) is 182 Å². The number of furan rings is 2. The van der Waals surface area contributed by atoms with E-state index in [1.165, 1.54) is 32.3 Å². The second-order valence-electron chi connectivity index (χ2n) is 15.2. The van der Waals surface area contributed by atoms with Crippen LogP contribution in [0.3, 0.4) is 0 Å². The van der Waals surface area contributed by atoms with E-state index >= 15 is 0 Å². The lowest BCUT2D eigenvalue weighted by molar-refractivity contribution is 0.668. The van der Waals surface area contributed by atoms with Crippen LogP contribution < -0.4 is 0 Å². The van der Waals surface area contributed by atoms with Crippen molar-refractivity contribution < 1.29 is 8.83 Å². The molecular weight excluding hydrogens is 725 g/mol. The number of benzene rings is 9. The fourth-order valence-corrected chi connectivity index (χ4v) is 9.14. The summed E-state index contributed by atoms with van der Waals surface area (Å²) in [5.74, 6) is 1.63. The number of nitrogens with zero attached hydrogens (tertiary/aromatic N) is 4. The molecule has 0 aliphatic rings. The van der Waals surface area contributed by atoms with Crippen molar-refractivity contribution in [1.29, 1.82) is 0 Å². The first-order chi connectivity index (χ1) is 29.2. The lowest BCUT2D eigenvalue weighted by Crippen LogP contribution is -2.02. The smallest absolute Gasteiger partial charge is 0.167 e. The number of aromatic nitrogens is 4. The Morgan fingerprint density at radius 3 is 1.83 bits per heavy atom. The highest BCUT2D eigenvalue weighted by molar-refractivity contribution is 6.24. The molecule has 6 heteroatoms. The van der Waals surface area contributed by atoms with E-state index in [0.29, 0.717) is 17.5 Å². The van der Waals surface area contributed by atoms with Crippen LogP contribution in [-0.2, 0) is 0 Å². The van der Waals surface area contributed by atoms with Gasteiger partial charge < -0.3 is 13.4 Å². The molecule has 0 aliphatic carbocycles. The van der Waals surface area contributed by atoms with Gasteiger partial charge in [0.25, 0.3) is 0 Å². The summed E-state index contributed by atoms with van der Waals surface area (Å²) in [6, 6.07) is 63.3. The van der Waals surface area contributed by atoms with Crippen LogP contribution in [0, 0.1) is 0 Å². The fraction of sp³-hybridized carbons (Fsp3) is 0. The average molecular weight is 755 g/mol. The third-order valence-corrected chi connectivity index (χ3v) is 11.8. The first-order valence-corrected chi connectivity index (χ1v) is 19.8. The molecule has 13 aromatic rings. The number of hydrogen-bond acceptors (Lipinski definition) is 5. The molecule has 0 N–H and O–H groups in total. The largest absolute Gasteiger partial charge is 0.456 e. The van der Waals surface area contributed by atoms with Crippen molar-refractivity contribution in [3.63, 3.8) is 0 Å². The molecule has 0 saturated heterocycles. The molecule has 0 fully saturated rings. The third-order valence-electron chi connectivity index (χ3n) is 11.8. The highest BCUT2D eigenvalue weighted by Gasteiger charge is 2.23. The second-order valence-corrected chi connectivity index (χ2v) is 15.2. The SMILES string of the molecule is c1ccc(-c2nc(-c3cc(-n4c5cc6ccccc6cc5c5c6ccccc6ccc54)c4c(c3)oc3ccccc34)nc(-c3cccc4c3oc3ccccc34)n2)cc1. The Bertz CT molecular complexity index is 3860. The van der Waals surface area contributed by atoms with Gasteiger partial charge in [0.05, 0.1) is 27.7 Å². The maximum absolute atomic E-state index is 6.74. The lowest BCUT2D eigenvalue weighted by Gasteiger charge is -2.13. The van der Waals surface area contributed by atoms with Gasteiger partial charge in [0, 0.05) is 38.1 Å². The second kappa shape index (κ2) is 12.2. The number of rotatable bonds is 4. The van der Waals surface area contributed by atoms with E-state index in [1.54, 1.807) is 0 Å². The summed E-state index contributed by atoms with van der Waals surface area (Å²) in [6.45, 7) is 0. The van der Waals surface area contributed by atoms with Crippen LogP contribution in [-0.4, -0.2) is 19.5 Å². The van der Waals surface area contributed by atoms with Crippen LogP contribution >= 0.6 is 0 Å². The fourth-order valence-electron chi connectivity index (χ4n) is 9.14. The van der Waals surface area contributed by atoms with E-state index in [4.69, 9.17) is 23.8 Å². The third kappa shape index (κ3) is 4.77. The van der Waals surface area contributed by atoms with Gasteiger partial charge in [-0.25, -0.2) is 15.0 Å². The molecule has 0 saturated carbocycles. The molecular formula is C53H30N4O2. The van der Waals surface area contributed by atoms with Gasteiger partial charge in [-0.1, -0.05) is 133 Å². The average Bonchev–Trinajstić information content (AvgIpc) is 3.97. The van der Waals surface area contributed by atoms with E-state index in [2.05, 4.69) is 114 Å². The van der Waals surface area contributed by atoms with Gasteiger partial charge in [-0.15, -0.1) is 0 Å². The first-order valence-electron chi connectivity index (χ1n) is 19.8. The Morgan fingerprint density at radius 1 is 0.356 bits per heavy atom. The monoisotopic (exact) mass is 754 g/mol. The topological polar surface area (TPSA) is 69.9 Å². The molecule has 0 bridgehead atoms. The molecule has 59 heavy (non-hydrogen) atoms. The van der Waals surface area contributed by atoms with Crippen LogP contribution in [0.2, 0.25) is 0 Å². The zero-order chi connectivity index (χ0) is 38.6. The Balaban J connectivity index is 1.15. The number of fused-ring (bicyclic) bond motifs is 12. The number of para-hydroxylation sites is 3. The van der Waals surface area contributed by atoms with Gasteiger partial charge in [-0.3, -0.25) is 0 Å². The quantitative estimate of drug-likeness (QED) is 0.179. The minimum atomic E-state index is 0.527. The molecule has 9 aromatic carbocycles. The van der Waals surface area contributed by atoms with Crippen LogP contribution in [0.5, 0.6) is 0 Å². The van der Waals surface area contributed by atoms with E-state index < -0.39 is 0 Å². The Hall–Kier alpha value is -8.09. The van der Waals surface area contributed by atoms with Crippen molar-refractivity contribution >= 4 is 87.2 Å². The van der Waals surface area contributed by atoms with E-state index in [-0.39, 0.29) is 0 Å². The Labute approximate surface area is 336 Å². The van der Waals surface area contributed by atoms with Gasteiger partial charge in [0.2, 0.25) is 0 Å². The summed E-state index contributed by atoms with van der Waals surface area (Å²) < 4.78 is 15.7. The summed E-state index contributed by atoms with van der Waals surface area (Å²) >= 11 is 0. The van der Waals surface area contributed by atoms with Crippen LogP contribution in [0.1, 0.15) is 0 Å². The molecule has 274 valence electrons. The van der Waals surface area contributed by atoms with Crippen molar-refractivity contribution in [3.8, 4) is 39.9 Å². The molecule has 0 aliphatic heterocycles. The van der Waals surface area contributed by atoms with Crippen LogP contribution in [0.4, 0.5) is 0 Å². The standard InChI is InChI=1S/C53H30N4O2/c1-2-14-32(15-3-1)51-54-52(56-53(55-51)40-22-12-21-38-37-19-8-10-23-45(37)59-50(38)40)35-29-44(49-39-20-9-11-24-46(39)58-47(49)30-35)57-42-26-25-31-13-6-7-18-36(31)48(42)41-27-33-16-4-5-17-34(33)28-43(41)57/h1-30H. The van der Waals surface area contributed by atoms with Crippen molar-refractivity contribution in [2.45, 2.75) is 0 Å². The molecule has 13 rings (SSSR count). The van der Waals surface area contributed by atoms with Crippen molar-refractivity contribution in [2.75, 3.05) is 0 Å². The van der Waals surface area contributed by atoms with Gasteiger partial charge in [0.15, 0.2) is 17.5 Å². The van der Waals surface area contributed by atoms with Crippen molar-refractivity contribution in [2.24, 2.45) is 0 Å². The van der Waals surface area contributed by atoms with E-state index in [1.807, 2.05) is 72.8 Å². The Kier molecular flexibility index (Phi) is 6.63. The summed E-state index contributed by atoms with van der Waals surface area (Å²) in [4.78, 5) is 15.6. The van der Waals surface area contributed by atoms with E-state index in [0.717, 1.165) is 77.3 Å². The van der Waals surface area contributed by atoms with Gasteiger partial charge in [0.1, 0.15) is 22.3 Å². The summed E-state index contributed by atoms with van der Waals surface area (Å²) in [6.07, 6.45) is 0. The van der Waals surface area contributed by atoms with Crippen molar-refractivity contribution in [1.82, 2.24) is 19.5 Å². The predicted octanol–water partition coefficient (Wildman–Crippen LogP) is 14.1. The predicted molar refractivity (Wildman–Crippen MR) is 240 cm³/mol. The maximum atomic E-state index is 6.74. The molecule has 0 spiro atoms. The summed E-state index contributed by atoms with van der Waals surface area (Å²) in [5, 5.41) is 11.3. The number of hydrogen-bond donors (Lipinski definition) is 0. The highest BCUT2D eigenvalue weighted by Crippen LogP contribution is 2.44. The zero-order valence-electron chi connectivity index (χ0n) is 31.4. The Morgan fingerprint density at radius 2 is 1.00 bits per heavy atom. The molecule has 0 radical (unpaired) electrons. The zero-order valence-corrected chi connectivity index (χ0v) is 31.4. The molecule has 6 nitrogen and oxygen atoms in total. The first kappa shape index (κ1) is 32.0. The molecule has 4 aromatic heterocycles. The maximum Gasteiger partial charge on any atom is 0.167 e. The van der Waals surface area contributed by atoms with E-state index in [9.17, 15) is 0 Å². The lowest BCUT2D eigenvalue weighted by atomic mass is 10.0. The molecule has 0 atom stereocenters. The minimum Gasteiger partial charge on any atom is -0.456 e. The van der Waals surface area contributed by atoms with Crippen LogP contribution in [0.15, 0.2) is 191 Å². The highest BCUT2D eigenvalue weighted by atomic mass is 16.3. The van der Waals surface area contributed by atoms with Gasteiger partial charge >= 0.3 is 0 Å². The molecule has 0 unspecified atom stereocenters. The molecule has 4 heterocycles. The molecule has 0 amide bonds. The minimum absolute atomic E-state index is 0.527.